The van der Waals surface area contributed by atoms with E-state index in [1.807, 2.05) is 18.2 Å². The van der Waals surface area contributed by atoms with Gasteiger partial charge in [-0.15, -0.1) is 0 Å². The summed E-state index contributed by atoms with van der Waals surface area (Å²) in [5, 5.41) is 0.792. The molecule has 0 radical (unpaired) electrons. The number of rotatable bonds is 2. The third kappa shape index (κ3) is 1.64. The molecule has 0 bridgehead atoms. The van der Waals surface area contributed by atoms with Crippen LogP contribution in [0.15, 0.2) is 24.3 Å². The van der Waals surface area contributed by atoms with E-state index in [0.717, 1.165) is 18.1 Å². The molecule has 1 heterocycles. The molecule has 2 nitrogen and oxygen atoms in total. The Balaban J connectivity index is 2.16. The maximum Gasteiger partial charge on any atom is 0.0429 e. The Kier molecular flexibility index (Phi) is 2.42. The number of hydrogen-bond acceptors (Lipinski definition) is 2. The predicted octanol–water partition coefficient (Wildman–Crippen LogP) is 1.88. The van der Waals surface area contributed by atoms with Crippen molar-refractivity contribution in [2.75, 3.05) is 18.0 Å². The van der Waals surface area contributed by atoms with Crippen LogP contribution in [0.4, 0.5) is 5.69 Å². The van der Waals surface area contributed by atoms with Crippen LogP contribution in [0.1, 0.15) is 6.42 Å². The number of anilines is 1. The van der Waals surface area contributed by atoms with Crippen LogP contribution in [0.5, 0.6) is 0 Å². The van der Waals surface area contributed by atoms with Crippen molar-refractivity contribution in [3.8, 4) is 0 Å². The molecule has 0 aliphatic carbocycles. The number of nitrogens with zero attached hydrogens (tertiary/aromatic N) is 1. The smallest absolute Gasteiger partial charge is 0.0429 e. The van der Waals surface area contributed by atoms with Crippen molar-refractivity contribution in [2.45, 2.75) is 12.5 Å². The van der Waals surface area contributed by atoms with Gasteiger partial charge in [-0.2, -0.15) is 0 Å². The maximum atomic E-state index is 5.90. The Hall–Kier alpha value is -0.730. The van der Waals surface area contributed by atoms with Crippen molar-refractivity contribution in [2.24, 2.45) is 5.73 Å². The Labute approximate surface area is 83.3 Å². The van der Waals surface area contributed by atoms with Gasteiger partial charge in [0.1, 0.15) is 0 Å². The molecule has 13 heavy (non-hydrogen) atoms. The quantitative estimate of drug-likeness (QED) is 0.783. The van der Waals surface area contributed by atoms with Gasteiger partial charge in [-0.25, -0.2) is 0 Å². The fourth-order valence-corrected chi connectivity index (χ4v) is 1.87. The molecule has 3 heteroatoms. The highest BCUT2D eigenvalue weighted by Gasteiger charge is 2.26. The Morgan fingerprint density at radius 2 is 2.38 bits per heavy atom. The fourth-order valence-electron chi connectivity index (χ4n) is 1.68. The van der Waals surface area contributed by atoms with Gasteiger partial charge in [0.05, 0.1) is 0 Å². The van der Waals surface area contributed by atoms with Crippen molar-refractivity contribution in [1.29, 1.82) is 0 Å². The van der Waals surface area contributed by atoms with E-state index in [9.17, 15) is 0 Å². The monoisotopic (exact) mass is 196 g/mol. The average Bonchev–Trinajstić information content (AvgIpc) is 2.03. The van der Waals surface area contributed by atoms with E-state index in [2.05, 4.69) is 11.0 Å². The largest absolute Gasteiger partial charge is 0.367 e. The van der Waals surface area contributed by atoms with E-state index in [1.165, 1.54) is 12.1 Å². The molecule has 1 aromatic carbocycles. The normalized spacial score (nSPS) is 21.4. The molecule has 0 amide bonds. The molecular formula is C10H13ClN2. The lowest BCUT2D eigenvalue weighted by Gasteiger charge is -2.42. The van der Waals surface area contributed by atoms with Gasteiger partial charge >= 0.3 is 0 Å². The second-order valence-corrected chi connectivity index (χ2v) is 3.79. The molecule has 1 atom stereocenters. The summed E-state index contributed by atoms with van der Waals surface area (Å²) in [5.74, 6) is 0. The van der Waals surface area contributed by atoms with Crippen LogP contribution < -0.4 is 10.6 Å². The van der Waals surface area contributed by atoms with E-state index < -0.39 is 0 Å². The van der Waals surface area contributed by atoms with Crippen molar-refractivity contribution >= 4 is 17.3 Å². The summed E-state index contributed by atoms with van der Waals surface area (Å²) in [4.78, 5) is 2.30. The lowest BCUT2D eigenvalue weighted by molar-refractivity contribution is 0.456. The van der Waals surface area contributed by atoms with Crippen molar-refractivity contribution in [3.05, 3.63) is 29.3 Å². The predicted molar refractivity (Wildman–Crippen MR) is 56.3 cm³/mol. The van der Waals surface area contributed by atoms with E-state index >= 15 is 0 Å². The third-order valence-corrected chi connectivity index (χ3v) is 2.79. The van der Waals surface area contributed by atoms with E-state index in [4.69, 9.17) is 17.3 Å². The van der Waals surface area contributed by atoms with Gasteiger partial charge in [-0.1, -0.05) is 17.7 Å². The molecule has 1 saturated heterocycles. The van der Waals surface area contributed by atoms with Gasteiger partial charge in [0, 0.05) is 29.8 Å². The van der Waals surface area contributed by atoms with Crippen LogP contribution in [-0.4, -0.2) is 19.1 Å². The molecule has 1 aliphatic heterocycles. The minimum Gasteiger partial charge on any atom is -0.367 e. The molecule has 0 spiro atoms. The minimum absolute atomic E-state index is 0.512. The van der Waals surface area contributed by atoms with Gasteiger partial charge in [-0.05, 0) is 24.6 Å². The molecule has 70 valence electrons. The summed E-state index contributed by atoms with van der Waals surface area (Å²) >= 11 is 5.90. The molecule has 1 aliphatic rings. The van der Waals surface area contributed by atoms with Crippen LogP contribution in [-0.2, 0) is 0 Å². The average molecular weight is 197 g/mol. The van der Waals surface area contributed by atoms with E-state index in [-0.39, 0.29) is 0 Å². The third-order valence-electron chi connectivity index (χ3n) is 2.56. The van der Waals surface area contributed by atoms with Crippen molar-refractivity contribution in [1.82, 2.24) is 0 Å². The topological polar surface area (TPSA) is 29.3 Å². The zero-order valence-corrected chi connectivity index (χ0v) is 8.17. The summed E-state index contributed by atoms with van der Waals surface area (Å²) < 4.78 is 0. The highest BCUT2D eigenvalue weighted by molar-refractivity contribution is 6.30. The van der Waals surface area contributed by atoms with Crippen molar-refractivity contribution < 1.29 is 0 Å². The summed E-state index contributed by atoms with van der Waals surface area (Å²) in [6, 6.07) is 8.45. The van der Waals surface area contributed by atoms with Gasteiger partial charge in [0.15, 0.2) is 0 Å². The minimum atomic E-state index is 0.512. The lowest BCUT2D eigenvalue weighted by Crippen LogP contribution is -2.51. The molecule has 1 unspecified atom stereocenters. The standard InChI is InChI=1S/C10H13ClN2/c11-8-2-1-3-9(6-8)13-5-4-10(13)7-12/h1-3,6,10H,4-5,7,12H2. The molecule has 0 aromatic heterocycles. The van der Waals surface area contributed by atoms with Crippen LogP contribution in [0.2, 0.25) is 5.02 Å². The second kappa shape index (κ2) is 3.56. The second-order valence-electron chi connectivity index (χ2n) is 3.35. The highest BCUT2D eigenvalue weighted by atomic mass is 35.5. The molecule has 1 aromatic rings. The van der Waals surface area contributed by atoms with Crippen LogP contribution in [0.3, 0.4) is 0 Å². The Bertz CT molecular complexity index is 299. The fraction of sp³-hybridized carbons (Fsp3) is 0.400. The lowest BCUT2D eigenvalue weighted by atomic mass is 10.0. The Morgan fingerprint density at radius 1 is 1.54 bits per heavy atom. The Morgan fingerprint density at radius 3 is 2.92 bits per heavy atom. The molecule has 1 fully saturated rings. The van der Waals surface area contributed by atoms with E-state index in [0.29, 0.717) is 6.04 Å². The first-order chi connectivity index (χ1) is 6.31. The summed E-state index contributed by atoms with van der Waals surface area (Å²) in [5.41, 5.74) is 6.81. The molecule has 2 N–H and O–H groups in total. The molecular weight excluding hydrogens is 184 g/mol. The SMILES string of the molecule is NCC1CCN1c1cccc(Cl)c1. The number of nitrogens with two attached hydrogens (primary N) is 1. The van der Waals surface area contributed by atoms with Crippen LogP contribution in [0.25, 0.3) is 0 Å². The first-order valence-electron chi connectivity index (χ1n) is 4.53. The van der Waals surface area contributed by atoms with Crippen molar-refractivity contribution in [3.63, 3.8) is 0 Å². The summed E-state index contributed by atoms with van der Waals surface area (Å²) in [6.07, 6.45) is 1.20. The zero-order valence-electron chi connectivity index (χ0n) is 7.41. The van der Waals surface area contributed by atoms with E-state index in [1.54, 1.807) is 0 Å². The number of benzene rings is 1. The van der Waals surface area contributed by atoms with Gasteiger partial charge in [0.2, 0.25) is 0 Å². The maximum absolute atomic E-state index is 5.90. The molecule has 0 saturated carbocycles. The molecule has 2 rings (SSSR count). The first kappa shape index (κ1) is 8.85. The highest BCUT2D eigenvalue weighted by Crippen LogP contribution is 2.27. The number of halogens is 1. The van der Waals surface area contributed by atoms with Gasteiger partial charge < -0.3 is 10.6 Å². The van der Waals surface area contributed by atoms with Gasteiger partial charge in [0.25, 0.3) is 0 Å². The first-order valence-corrected chi connectivity index (χ1v) is 4.91. The van der Waals surface area contributed by atoms with Crippen LogP contribution >= 0.6 is 11.6 Å². The number of hydrogen-bond donors (Lipinski definition) is 1. The van der Waals surface area contributed by atoms with Gasteiger partial charge in [-0.3, -0.25) is 0 Å². The summed E-state index contributed by atoms with van der Waals surface area (Å²) in [6.45, 7) is 1.83. The zero-order chi connectivity index (χ0) is 9.26. The summed E-state index contributed by atoms with van der Waals surface area (Å²) in [7, 11) is 0. The van der Waals surface area contributed by atoms with Crippen LogP contribution in [0, 0.1) is 0 Å².